The molecule has 0 spiro atoms. The van der Waals surface area contributed by atoms with Crippen molar-refractivity contribution in [1.29, 1.82) is 0 Å². The van der Waals surface area contributed by atoms with Crippen molar-refractivity contribution in [1.82, 2.24) is 5.32 Å². The molecule has 0 aliphatic carbocycles. The van der Waals surface area contributed by atoms with Crippen LogP contribution in [0, 0.1) is 0 Å². The van der Waals surface area contributed by atoms with Crippen molar-refractivity contribution in [2.75, 3.05) is 18.0 Å². The van der Waals surface area contributed by atoms with Gasteiger partial charge in [0, 0.05) is 23.2 Å². The molecule has 0 bridgehead atoms. The Balaban J connectivity index is 2.41. The first kappa shape index (κ1) is 12.2. The highest BCUT2D eigenvalue weighted by atomic mass is 79.9. The number of carbonyl (C=O) groups is 1. The van der Waals surface area contributed by atoms with Crippen LogP contribution in [0.15, 0.2) is 22.7 Å². The minimum atomic E-state index is -4.44. The van der Waals surface area contributed by atoms with Gasteiger partial charge in [-0.1, -0.05) is 15.9 Å². The van der Waals surface area contributed by atoms with Crippen molar-refractivity contribution < 1.29 is 18.0 Å². The topological polar surface area (TPSA) is 32.3 Å². The number of urea groups is 1. The number of hydrogen-bond acceptors (Lipinski definition) is 1. The molecule has 1 fully saturated rings. The molecule has 1 aliphatic heterocycles. The number of amides is 2. The van der Waals surface area contributed by atoms with Crippen LogP contribution >= 0.6 is 15.9 Å². The van der Waals surface area contributed by atoms with Gasteiger partial charge in [0.15, 0.2) is 0 Å². The second kappa shape index (κ2) is 4.21. The first-order chi connectivity index (χ1) is 7.89. The number of halogens is 4. The summed E-state index contributed by atoms with van der Waals surface area (Å²) < 4.78 is 38.0. The van der Waals surface area contributed by atoms with Gasteiger partial charge in [0.2, 0.25) is 0 Å². The largest absolute Gasteiger partial charge is 0.417 e. The first-order valence-corrected chi connectivity index (χ1v) is 5.61. The third-order valence-corrected chi connectivity index (χ3v) is 3.12. The molecular formula is C10H8BrF3N2O. The first-order valence-electron chi connectivity index (χ1n) is 4.82. The predicted octanol–water partition coefficient (Wildman–Crippen LogP) is 3.00. The second-order valence-corrected chi connectivity index (χ2v) is 4.40. The van der Waals surface area contributed by atoms with E-state index in [0.29, 0.717) is 13.1 Å². The number of rotatable bonds is 1. The summed E-state index contributed by atoms with van der Waals surface area (Å²) in [6.45, 7) is 0.814. The minimum Gasteiger partial charge on any atom is -0.336 e. The van der Waals surface area contributed by atoms with Gasteiger partial charge < -0.3 is 5.32 Å². The van der Waals surface area contributed by atoms with Gasteiger partial charge in [-0.3, -0.25) is 4.90 Å². The van der Waals surface area contributed by atoms with Gasteiger partial charge in [-0.15, -0.1) is 0 Å². The SMILES string of the molecule is O=C1NCCN1c1ccc(Br)c(C(F)(F)F)c1. The minimum absolute atomic E-state index is 0.0339. The lowest BCUT2D eigenvalue weighted by Crippen LogP contribution is -2.27. The van der Waals surface area contributed by atoms with Crippen molar-refractivity contribution in [3.05, 3.63) is 28.2 Å². The van der Waals surface area contributed by atoms with Gasteiger partial charge >= 0.3 is 12.2 Å². The smallest absolute Gasteiger partial charge is 0.336 e. The third kappa shape index (κ3) is 2.38. The van der Waals surface area contributed by atoms with E-state index >= 15 is 0 Å². The highest BCUT2D eigenvalue weighted by Gasteiger charge is 2.34. The van der Waals surface area contributed by atoms with Crippen molar-refractivity contribution in [3.8, 4) is 0 Å². The van der Waals surface area contributed by atoms with E-state index in [1.54, 1.807) is 0 Å². The van der Waals surface area contributed by atoms with Crippen LogP contribution < -0.4 is 10.2 Å². The molecule has 2 amide bonds. The number of anilines is 1. The van der Waals surface area contributed by atoms with Crippen LogP contribution in [0.4, 0.5) is 23.7 Å². The van der Waals surface area contributed by atoms with E-state index in [0.717, 1.165) is 6.07 Å². The van der Waals surface area contributed by atoms with Gasteiger partial charge in [0.25, 0.3) is 0 Å². The Morgan fingerprint density at radius 3 is 2.59 bits per heavy atom. The quantitative estimate of drug-likeness (QED) is 0.850. The monoisotopic (exact) mass is 308 g/mol. The molecule has 1 saturated heterocycles. The molecule has 0 unspecified atom stereocenters. The second-order valence-electron chi connectivity index (χ2n) is 3.55. The molecule has 92 valence electrons. The van der Waals surface area contributed by atoms with Crippen LogP contribution in [0.5, 0.6) is 0 Å². The Labute approximate surface area is 104 Å². The van der Waals surface area contributed by atoms with Crippen molar-refractivity contribution in [2.45, 2.75) is 6.18 Å². The lowest BCUT2D eigenvalue weighted by atomic mass is 10.2. The van der Waals surface area contributed by atoms with E-state index < -0.39 is 11.7 Å². The molecule has 1 aromatic carbocycles. The summed E-state index contributed by atoms with van der Waals surface area (Å²) in [6.07, 6.45) is -4.44. The summed E-state index contributed by atoms with van der Waals surface area (Å²) in [5.74, 6) is 0. The zero-order valence-electron chi connectivity index (χ0n) is 8.51. The fraction of sp³-hybridized carbons (Fsp3) is 0.300. The number of carbonyl (C=O) groups excluding carboxylic acids is 1. The summed E-state index contributed by atoms with van der Waals surface area (Å²) in [5, 5.41) is 2.53. The maximum Gasteiger partial charge on any atom is 0.417 e. The van der Waals surface area contributed by atoms with E-state index in [4.69, 9.17) is 0 Å². The van der Waals surface area contributed by atoms with Crippen LogP contribution in [0.25, 0.3) is 0 Å². The zero-order chi connectivity index (χ0) is 12.6. The fourth-order valence-corrected chi connectivity index (χ4v) is 2.09. The fourth-order valence-electron chi connectivity index (χ4n) is 1.62. The molecule has 0 aromatic heterocycles. The van der Waals surface area contributed by atoms with E-state index in [1.807, 2.05) is 0 Å². The van der Waals surface area contributed by atoms with Crippen LogP contribution in [-0.4, -0.2) is 19.1 Å². The standard InChI is InChI=1S/C10H8BrF3N2O/c11-8-2-1-6(5-7(8)10(12,13)14)16-4-3-15-9(16)17/h1-2,5H,3-4H2,(H,15,17). The summed E-state index contributed by atoms with van der Waals surface area (Å²) in [7, 11) is 0. The van der Waals surface area contributed by atoms with Crippen molar-refractivity contribution >= 4 is 27.6 Å². The van der Waals surface area contributed by atoms with E-state index in [1.165, 1.54) is 17.0 Å². The van der Waals surface area contributed by atoms with Crippen molar-refractivity contribution in [2.24, 2.45) is 0 Å². The predicted molar refractivity (Wildman–Crippen MR) is 59.9 cm³/mol. The van der Waals surface area contributed by atoms with Crippen LogP contribution in [0.1, 0.15) is 5.56 Å². The highest BCUT2D eigenvalue weighted by molar-refractivity contribution is 9.10. The number of nitrogens with one attached hydrogen (secondary N) is 1. The van der Waals surface area contributed by atoms with Gasteiger partial charge in [-0.25, -0.2) is 4.79 Å². The number of hydrogen-bond donors (Lipinski definition) is 1. The molecule has 17 heavy (non-hydrogen) atoms. The zero-order valence-corrected chi connectivity index (χ0v) is 10.1. The van der Waals surface area contributed by atoms with Crippen molar-refractivity contribution in [3.63, 3.8) is 0 Å². The average Bonchev–Trinajstić information content (AvgIpc) is 2.63. The summed E-state index contributed by atoms with van der Waals surface area (Å²) in [4.78, 5) is 12.6. The van der Waals surface area contributed by atoms with E-state index in [2.05, 4.69) is 21.2 Å². The molecule has 0 saturated carbocycles. The lowest BCUT2D eigenvalue weighted by molar-refractivity contribution is -0.138. The number of nitrogens with zero attached hydrogens (tertiary/aromatic N) is 1. The number of benzene rings is 1. The average molecular weight is 309 g/mol. The number of alkyl halides is 3. The normalized spacial score (nSPS) is 16.2. The maximum atomic E-state index is 12.7. The molecular weight excluding hydrogens is 301 g/mol. The molecule has 3 nitrogen and oxygen atoms in total. The molecule has 1 aromatic rings. The Kier molecular flexibility index (Phi) is 3.03. The Morgan fingerprint density at radius 2 is 2.06 bits per heavy atom. The van der Waals surface area contributed by atoms with Crippen LogP contribution in [0.2, 0.25) is 0 Å². The van der Waals surface area contributed by atoms with Gasteiger partial charge in [0.1, 0.15) is 0 Å². The summed E-state index contributed by atoms with van der Waals surface area (Å²) in [6, 6.07) is 3.36. The molecule has 2 rings (SSSR count). The van der Waals surface area contributed by atoms with Gasteiger partial charge in [-0.2, -0.15) is 13.2 Å². The Bertz CT molecular complexity index is 461. The third-order valence-electron chi connectivity index (χ3n) is 2.42. The van der Waals surface area contributed by atoms with E-state index in [9.17, 15) is 18.0 Å². The van der Waals surface area contributed by atoms with Gasteiger partial charge in [-0.05, 0) is 18.2 Å². The Morgan fingerprint density at radius 1 is 1.35 bits per heavy atom. The highest BCUT2D eigenvalue weighted by Crippen LogP contribution is 2.37. The lowest BCUT2D eigenvalue weighted by Gasteiger charge is -2.17. The summed E-state index contributed by atoms with van der Waals surface area (Å²) >= 11 is 2.85. The van der Waals surface area contributed by atoms with Crippen LogP contribution in [0.3, 0.4) is 0 Å². The molecule has 7 heteroatoms. The summed E-state index contributed by atoms with van der Waals surface area (Å²) in [5.41, 5.74) is -0.537. The molecule has 1 N–H and O–H groups in total. The van der Waals surface area contributed by atoms with Crippen LogP contribution in [-0.2, 0) is 6.18 Å². The molecule has 0 radical (unpaired) electrons. The van der Waals surface area contributed by atoms with E-state index in [-0.39, 0.29) is 16.2 Å². The maximum absolute atomic E-state index is 12.7. The Hall–Kier alpha value is -1.24. The molecule has 0 atom stereocenters. The van der Waals surface area contributed by atoms with Gasteiger partial charge in [0.05, 0.1) is 5.56 Å². The molecule has 1 heterocycles. The molecule has 1 aliphatic rings.